The van der Waals surface area contributed by atoms with E-state index < -0.39 is 6.10 Å². The van der Waals surface area contributed by atoms with Gasteiger partial charge in [-0.15, -0.1) is 0 Å². The molecular weight excluding hydrogens is 388 g/mol. The number of para-hydroxylation sites is 1. The minimum absolute atomic E-state index is 0.270. The number of anilines is 1. The number of benzene rings is 3. The predicted molar refractivity (Wildman–Crippen MR) is 114 cm³/mol. The van der Waals surface area contributed by atoms with Crippen LogP contribution in [0.1, 0.15) is 22.8 Å². The molecule has 1 atom stereocenters. The maximum Gasteiger partial charge on any atom is 0.265 e. The largest absolute Gasteiger partial charge is 0.481 e. The van der Waals surface area contributed by atoms with Crippen molar-refractivity contribution in [2.45, 2.75) is 19.6 Å². The van der Waals surface area contributed by atoms with E-state index in [0.29, 0.717) is 28.6 Å². The van der Waals surface area contributed by atoms with Crippen LogP contribution in [-0.2, 0) is 11.3 Å². The van der Waals surface area contributed by atoms with Crippen LogP contribution >= 0.6 is 11.6 Å². The van der Waals surface area contributed by atoms with Crippen molar-refractivity contribution in [1.29, 1.82) is 0 Å². The highest BCUT2D eigenvalue weighted by atomic mass is 35.5. The van der Waals surface area contributed by atoms with Crippen molar-refractivity contribution in [2.75, 3.05) is 5.32 Å². The van der Waals surface area contributed by atoms with Crippen LogP contribution in [0.2, 0.25) is 5.02 Å². The van der Waals surface area contributed by atoms with Crippen LogP contribution in [-0.4, -0.2) is 17.9 Å². The van der Waals surface area contributed by atoms with Gasteiger partial charge in [-0.3, -0.25) is 9.59 Å². The SMILES string of the molecule is C[C@H](Oc1cccc(Cl)c1)C(=O)Nc1ccccc1C(=O)NCc1ccccc1. The Morgan fingerprint density at radius 1 is 0.966 bits per heavy atom. The zero-order valence-corrected chi connectivity index (χ0v) is 16.6. The average Bonchev–Trinajstić information content (AvgIpc) is 2.73. The highest BCUT2D eigenvalue weighted by Crippen LogP contribution is 2.20. The van der Waals surface area contributed by atoms with Gasteiger partial charge in [-0.2, -0.15) is 0 Å². The Balaban J connectivity index is 1.64. The number of hydrogen-bond donors (Lipinski definition) is 2. The zero-order valence-electron chi connectivity index (χ0n) is 15.9. The second kappa shape index (κ2) is 9.75. The predicted octanol–water partition coefficient (Wildman–Crippen LogP) is 4.68. The van der Waals surface area contributed by atoms with E-state index >= 15 is 0 Å². The number of nitrogens with one attached hydrogen (secondary N) is 2. The molecule has 3 aromatic carbocycles. The van der Waals surface area contributed by atoms with Crippen LogP contribution in [0.5, 0.6) is 5.75 Å². The lowest BCUT2D eigenvalue weighted by Crippen LogP contribution is -2.31. The van der Waals surface area contributed by atoms with Gasteiger partial charge in [0.05, 0.1) is 11.3 Å². The maximum atomic E-state index is 12.6. The van der Waals surface area contributed by atoms with Crippen LogP contribution in [0.3, 0.4) is 0 Å². The first-order valence-electron chi connectivity index (χ1n) is 9.17. The molecule has 0 radical (unpaired) electrons. The molecule has 0 bridgehead atoms. The number of amides is 2. The average molecular weight is 409 g/mol. The Bertz CT molecular complexity index is 992. The second-order valence-electron chi connectivity index (χ2n) is 6.42. The monoisotopic (exact) mass is 408 g/mol. The molecule has 0 aliphatic rings. The summed E-state index contributed by atoms with van der Waals surface area (Å²) in [5, 5.41) is 6.16. The van der Waals surface area contributed by atoms with E-state index in [1.807, 2.05) is 30.3 Å². The summed E-state index contributed by atoms with van der Waals surface area (Å²) in [5.74, 6) is -0.143. The number of ether oxygens (including phenoxy) is 1. The van der Waals surface area contributed by atoms with Gasteiger partial charge in [-0.25, -0.2) is 0 Å². The maximum absolute atomic E-state index is 12.6. The normalized spacial score (nSPS) is 11.4. The van der Waals surface area contributed by atoms with Gasteiger partial charge in [-0.05, 0) is 42.8 Å². The number of hydrogen-bond acceptors (Lipinski definition) is 3. The van der Waals surface area contributed by atoms with Crippen LogP contribution in [0.4, 0.5) is 5.69 Å². The number of halogens is 1. The molecule has 3 rings (SSSR count). The molecule has 0 aromatic heterocycles. The van der Waals surface area contributed by atoms with Gasteiger partial charge in [0, 0.05) is 11.6 Å². The molecule has 0 aliphatic heterocycles. The van der Waals surface area contributed by atoms with Gasteiger partial charge < -0.3 is 15.4 Å². The summed E-state index contributed by atoms with van der Waals surface area (Å²) in [5.41, 5.74) is 1.79. The summed E-state index contributed by atoms with van der Waals surface area (Å²) in [4.78, 5) is 25.2. The summed E-state index contributed by atoms with van der Waals surface area (Å²) in [6, 6.07) is 23.3. The highest BCUT2D eigenvalue weighted by molar-refractivity contribution is 6.30. The second-order valence-corrected chi connectivity index (χ2v) is 6.86. The Morgan fingerprint density at radius 3 is 2.45 bits per heavy atom. The minimum atomic E-state index is -0.770. The van der Waals surface area contributed by atoms with Gasteiger partial charge in [0.1, 0.15) is 5.75 Å². The third-order valence-corrected chi connectivity index (χ3v) is 4.44. The Hall–Kier alpha value is -3.31. The van der Waals surface area contributed by atoms with E-state index in [4.69, 9.17) is 16.3 Å². The van der Waals surface area contributed by atoms with Gasteiger partial charge >= 0.3 is 0 Å². The topological polar surface area (TPSA) is 67.4 Å². The molecule has 0 heterocycles. The lowest BCUT2D eigenvalue weighted by Gasteiger charge is -2.16. The molecule has 5 nitrogen and oxygen atoms in total. The van der Waals surface area contributed by atoms with E-state index in [2.05, 4.69) is 10.6 Å². The molecule has 0 fully saturated rings. The molecule has 29 heavy (non-hydrogen) atoms. The van der Waals surface area contributed by atoms with Crippen molar-refractivity contribution in [1.82, 2.24) is 5.32 Å². The summed E-state index contributed by atoms with van der Waals surface area (Å²) >= 11 is 5.94. The molecule has 6 heteroatoms. The minimum Gasteiger partial charge on any atom is -0.481 e. The molecule has 0 saturated heterocycles. The zero-order chi connectivity index (χ0) is 20.6. The lowest BCUT2D eigenvalue weighted by atomic mass is 10.1. The molecule has 148 valence electrons. The van der Waals surface area contributed by atoms with E-state index in [-0.39, 0.29) is 11.8 Å². The Labute approximate surface area is 174 Å². The molecule has 2 N–H and O–H groups in total. The van der Waals surface area contributed by atoms with Gasteiger partial charge in [0.25, 0.3) is 11.8 Å². The van der Waals surface area contributed by atoms with E-state index in [9.17, 15) is 9.59 Å². The number of carbonyl (C=O) groups excluding carboxylic acids is 2. The number of rotatable bonds is 7. The lowest BCUT2D eigenvalue weighted by molar-refractivity contribution is -0.122. The van der Waals surface area contributed by atoms with Gasteiger partial charge in [0.15, 0.2) is 6.10 Å². The Morgan fingerprint density at radius 2 is 1.69 bits per heavy atom. The summed E-state index contributed by atoms with van der Waals surface area (Å²) in [6.45, 7) is 2.03. The van der Waals surface area contributed by atoms with Crippen molar-refractivity contribution < 1.29 is 14.3 Å². The fourth-order valence-corrected chi connectivity index (χ4v) is 2.88. The Kier molecular flexibility index (Phi) is 6.87. The van der Waals surface area contributed by atoms with Crippen molar-refractivity contribution in [2.24, 2.45) is 0 Å². The molecule has 3 aromatic rings. The molecule has 2 amide bonds. The molecular formula is C23H21ClN2O3. The summed E-state index contributed by atoms with van der Waals surface area (Å²) < 4.78 is 5.64. The van der Waals surface area contributed by atoms with Gasteiger partial charge in [-0.1, -0.05) is 60.1 Å². The third-order valence-electron chi connectivity index (χ3n) is 4.20. The van der Waals surface area contributed by atoms with E-state index in [0.717, 1.165) is 5.56 Å². The van der Waals surface area contributed by atoms with Crippen LogP contribution < -0.4 is 15.4 Å². The summed E-state index contributed by atoms with van der Waals surface area (Å²) in [6.07, 6.45) is -0.770. The molecule has 0 spiro atoms. The fraction of sp³-hybridized carbons (Fsp3) is 0.130. The summed E-state index contributed by atoms with van der Waals surface area (Å²) in [7, 11) is 0. The smallest absolute Gasteiger partial charge is 0.265 e. The molecule has 0 unspecified atom stereocenters. The van der Waals surface area contributed by atoms with E-state index in [1.165, 1.54) is 0 Å². The van der Waals surface area contributed by atoms with E-state index in [1.54, 1.807) is 55.5 Å². The standard InChI is InChI=1S/C23H21ClN2O3/c1-16(29-19-11-7-10-18(24)14-19)22(27)26-21-13-6-5-12-20(21)23(28)25-15-17-8-3-2-4-9-17/h2-14,16H,15H2,1H3,(H,25,28)(H,26,27)/t16-/m0/s1. The first kappa shape index (κ1) is 20.4. The van der Waals surface area contributed by atoms with Crippen molar-refractivity contribution >= 4 is 29.1 Å². The van der Waals surface area contributed by atoms with Crippen LogP contribution in [0, 0.1) is 0 Å². The first-order valence-corrected chi connectivity index (χ1v) is 9.55. The third kappa shape index (κ3) is 5.83. The quantitative estimate of drug-likeness (QED) is 0.596. The highest BCUT2D eigenvalue weighted by Gasteiger charge is 2.18. The van der Waals surface area contributed by atoms with Crippen molar-refractivity contribution in [3.05, 3.63) is 95.0 Å². The molecule has 0 saturated carbocycles. The van der Waals surface area contributed by atoms with Crippen molar-refractivity contribution in [3.8, 4) is 5.75 Å². The van der Waals surface area contributed by atoms with Crippen LogP contribution in [0.25, 0.3) is 0 Å². The van der Waals surface area contributed by atoms with Crippen LogP contribution in [0.15, 0.2) is 78.9 Å². The van der Waals surface area contributed by atoms with Crippen molar-refractivity contribution in [3.63, 3.8) is 0 Å². The first-order chi connectivity index (χ1) is 14.0. The number of carbonyl (C=O) groups is 2. The fourth-order valence-electron chi connectivity index (χ4n) is 2.70. The molecule has 0 aliphatic carbocycles. The van der Waals surface area contributed by atoms with Gasteiger partial charge in [0.2, 0.25) is 0 Å².